The van der Waals surface area contributed by atoms with E-state index in [9.17, 15) is 8.42 Å². The Hall–Kier alpha value is -1.28. The lowest BCUT2D eigenvalue weighted by Gasteiger charge is -2.10. The summed E-state index contributed by atoms with van der Waals surface area (Å²) in [5, 5.41) is 10.2. The first-order chi connectivity index (χ1) is 7.66. The molecule has 16 heavy (non-hydrogen) atoms. The molecule has 7 nitrogen and oxygen atoms in total. The fraction of sp³-hybridized carbons (Fsp3) is 0.625. The van der Waals surface area contributed by atoms with Crippen molar-refractivity contribution in [2.45, 2.75) is 18.9 Å². The third kappa shape index (κ3) is 3.11. The largest absolute Gasteiger partial charge is 0.313 e. The maximum absolute atomic E-state index is 11.7. The monoisotopic (exact) mass is 243 g/mol. The van der Waals surface area contributed by atoms with Gasteiger partial charge in [0.1, 0.15) is 0 Å². The van der Waals surface area contributed by atoms with Crippen molar-refractivity contribution in [2.24, 2.45) is 0 Å². The summed E-state index contributed by atoms with van der Waals surface area (Å²) in [7, 11) is -3.40. The van der Waals surface area contributed by atoms with Crippen LogP contribution in [0.4, 0.5) is 5.95 Å². The van der Waals surface area contributed by atoms with Gasteiger partial charge in [0.25, 0.3) is 5.95 Å². The summed E-state index contributed by atoms with van der Waals surface area (Å²) < 4.78 is 25.7. The van der Waals surface area contributed by atoms with Crippen LogP contribution in [-0.4, -0.2) is 41.9 Å². The minimum Gasteiger partial charge on any atom is -0.313 e. The first-order valence-corrected chi connectivity index (χ1v) is 6.68. The number of aromatic nitrogens is 3. The molecule has 2 heterocycles. The molecule has 1 saturated heterocycles. The summed E-state index contributed by atoms with van der Waals surface area (Å²) in [6.07, 6.45) is 4.67. The summed E-state index contributed by atoms with van der Waals surface area (Å²) in [6.45, 7) is 0.879. The van der Waals surface area contributed by atoms with Gasteiger partial charge in [-0.15, -0.1) is 5.10 Å². The van der Waals surface area contributed by atoms with E-state index >= 15 is 0 Å². The molecule has 88 valence electrons. The number of nitrogens with one attached hydrogen (secondary N) is 2. The third-order valence-electron chi connectivity index (χ3n) is 2.31. The molecule has 8 heteroatoms. The topological polar surface area (TPSA) is 96.9 Å². The van der Waals surface area contributed by atoms with Crippen LogP contribution >= 0.6 is 0 Å². The van der Waals surface area contributed by atoms with Crippen LogP contribution in [0.5, 0.6) is 0 Å². The average molecular weight is 243 g/mol. The molecule has 0 saturated carbocycles. The van der Waals surface area contributed by atoms with Crippen LogP contribution in [0.15, 0.2) is 12.4 Å². The predicted octanol–water partition coefficient (Wildman–Crippen LogP) is -0.635. The minimum absolute atomic E-state index is 0.0143. The summed E-state index contributed by atoms with van der Waals surface area (Å²) in [5.41, 5.74) is 0. The molecule has 2 rings (SSSR count). The molecule has 1 unspecified atom stereocenters. The molecule has 0 aliphatic carbocycles. The predicted molar refractivity (Wildman–Crippen MR) is 58.3 cm³/mol. The first-order valence-electron chi connectivity index (χ1n) is 5.03. The lowest BCUT2D eigenvalue weighted by Crippen LogP contribution is -2.33. The van der Waals surface area contributed by atoms with Crippen LogP contribution in [0.2, 0.25) is 0 Å². The standard InChI is InChI=1S/C8H13N5O2S/c14-16(15,6-7-2-1-3-9-7)13-8-10-4-5-11-12-8/h4-5,7,9H,1-3,6H2,(H,10,12,13). The molecule has 0 spiro atoms. The number of rotatable bonds is 4. The van der Waals surface area contributed by atoms with Gasteiger partial charge in [-0.25, -0.2) is 18.1 Å². The zero-order valence-corrected chi connectivity index (χ0v) is 9.44. The van der Waals surface area contributed by atoms with Gasteiger partial charge in [-0.2, -0.15) is 5.10 Å². The molecule has 0 radical (unpaired) electrons. The Balaban J connectivity index is 1.97. The molecule has 0 aromatic carbocycles. The second kappa shape index (κ2) is 4.71. The Morgan fingerprint density at radius 2 is 2.38 bits per heavy atom. The van der Waals surface area contributed by atoms with Gasteiger partial charge in [0, 0.05) is 6.04 Å². The van der Waals surface area contributed by atoms with E-state index in [1.54, 1.807) is 0 Å². The molecular weight excluding hydrogens is 230 g/mol. The minimum atomic E-state index is -3.40. The number of hydrogen-bond donors (Lipinski definition) is 2. The van der Waals surface area contributed by atoms with Crippen molar-refractivity contribution in [1.29, 1.82) is 0 Å². The van der Waals surface area contributed by atoms with Crippen molar-refractivity contribution in [3.05, 3.63) is 12.4 Å². The lowest BCUT2D eigenvalue weighted by atomic mass is 10.3. The van der Waals surface area contributed by atoms with Gasteiger partial charge >= 0.3 is 0 Å². The summed E-state index contributed by atoms with van der Waals surface area (Å²) in [4.78, 5) is 3.75. The number of nitrogens with zero attached hydrogens (tertiary/aromatic N) is 3. The maximum atomic E-state index is 11.7. The van der Waals surface area contributed by atoms with Crippen LogP contribution in [0.25, 0.3) is 0 Å². The number of hydrogen-bond acceptors (Lipinski definition) is 6. The van der Waals surface area contributed by atoms with Crippen molar-refractivity contribution in [3.63, 3.8) is 0 Å². The molecule has 1 aromatic rings. The van der Waals surface area contributed by atoms with E-state index < -0.39 is 10.0 Å². The highest BCUT2D eigenvalue weighted by molar-refractivity contribution is 7.92. The third-order valence-corrected chi connectivity index (χ3v) is 3.65. The van der Waals surface area contributed by atoms with E-state index in [1.807, 2.05) is 0 Å². The van der Waals surface area contributed by atoms with Gasteiger partial charge in [-0.3, -0.25) is 0 Å². The van der Waals surface area contributed by atoms with Crippen LogP contribution in [-0.2, 0) is 10.0 Å². The van der Waals surface area contributed by atoms with E-state index in [0.29, 0.717) is 0 Å². The molecule has 0 amide bonds. The van der Waals surface area contributed by atoms with E-state index in [0.717, 1.165) is 19.4 Å². The van der Waals surface area contributed by atoms with E-state index in [4.69, 9.17) is 0 Å². The molecule has 1 aromatic heterocycles. The van der Waals surface area contributed by atoms with Gasteiger partial charge < -0.3 is 5.32 Å². The van der Waals surface area contributed by atoms with Gasteiger partial charge in [0.2, 0.25) is 10.0 Å². The van der Waals surface area contributed by atoms with Crippen LogP contribution < -0.4 is 10.0 Å². The second-order valence-electron chi connectivity index (χ2n) is 3.64. The quantitative estimate of drug-likeness (QED) is 0.730. The lowest BCUT2D eigenvalue weighted by molar-refractivity contribution is 0.581. The Morgan fingerprint density at radius 1 is 1.50 bits per heavy atom. The Labute approximate surface area is 93.7 Å². The maximum Gasteiger partial charge on any atom is 0.256 e. The highest BCUT2D eigenvalue weighted by Gasteiger charge is 2.22. The van der Waals surface area contributed by atoms with Gasteiger partial charge in [0.05, 0.1) is 18.1 Å². The van der Waals surface area contributed by atoms with Crippen molar-refractivity contribution in [3.8, 4) is 0 Å². The molecule has 1 aliphatic heterocycles. The molecule has 0 bridgehead atoms. The van der Waals surface area contributed by atoms with Gasteiger partial charge in [-0.05, 0) is 19.4 Å². The number of anilines is 1. The highest BCUT2D eigenvalue weighted by atomic mass is 32.2. The summed E-state index contributed by atoms with van der Waals surface area (Å²) >= 11 is 0. The first kappa shape index (κ1) is 11.2. The summed E-state index contributed by atoms with van der Waals surface area (Å²) in [6, 6.07) is 0.0224. The molecular formula is C8H13N5O2S. The van der Waals surface area contributed by atoms with Crippen molar-refractivity contribution >= 4 is 16.0 Å². The summed E-state index contributed by atoms with van der Waals surface area (Å²) in [5.74, 6) is 0.0612. The molecule has 1 fully saturated rings. The molecule has 2 N–H and O–H groups in total. The molecule has 1 aliphatic rings. The zero-order chi connectivity index (χ0) is 11.4. The fourth-order valence-corrected chi connectivity index (χ4v) is 2.91. The fourth-order valence-electron chi connectivity index (χ4n) is 1.64. The van der Waals surface area contributed by atoms with Gasteiger partial charge in [-0.1, -0.05) is 0 Å². The van der Waals surface area contributed by atoms with Crippen molar-refractivity contribution in [2.75, 3.05) is 17.0 Å². The van der Waals surface area contributed by atoms with Crippen LogP contribution in [0.1, 0.15) is 12.8 Å². The SMILES string of the molecule is O=S(=O)(CC1CCCN1)Nc1nccnn1. The van der Waals surface area contributed by atoms with E-state index in [-0.39, 0.29) is 17.7 Å². The van der Waals surface area contributed by atoms with E-state index in [1.165, 1.54) is 12.4 Å². The Kier molecular flexibility index (Phi) is 3.30. The van der Waals surface area contributed by atoms with Crippen molar-refractivity contribution in [1.82, 2.24) is 20.5 Å². The molecule has 1 atom stereocenters. The smallest absolute Gasteiger partial charge is 0.256 e. The van der Waals surface area contributed by atoms with Gasteiger partial charge in [0.15, 0.2) is 0 Å². The van der Waals surface area contributed by atoms with Crippen LogP contribution in [0.3, 0.4) is 0 Å². The second-order valence-corrected chi connectivity index (χ2v) is 5.41. The van der Waals surface area contributed by atoms with Crippen LogP contribution in [0, 0.1) is 0 Å². The average Bonchev–Trinajstić information content (AvgIpc) is 2.70. The zero-order valence-electron chi connectivity index (χ0n) is 8.63. The normalized spacial score (nSPS) is 20.9. The Morgan fingerprint density at radius 3 is 3.00 bits per heavy atom. The Bertz CT molecular complexity index is 429. The highest BCUT2D eigenvalue weighted by Crippen LogP contribution is 2.08. The van der Waals surface area contributed by atoms with Crippen molar-refractivity contribution < 1.29 is 8.42 Å². The van der Waals surface area contributed by atoms with E-state index in [2.05, 4.69) is 25.2 Å². The number of sulfonamides is 1.